The Balaban J connectivity index is 1.77. The summed E-state index contributed by atoms with van der Waals surface area (Å²) in [5.74, 6) is -0.787. The summed E-state index contributed by atoms with van der Waals surface area (Å²) in [6, 6.07) is 7.90. The summed E-state index contributed by atoms with van der Waals surface area (Å²) in [5.41, 5.74) is 1.17. The second-order valence-electron chi connectivity index (χ2n) is 7.66. The number of fused-ring (bicyclic) bond motifs is 1. The van der Waals surface area contributed by atoms with Gasteiger partial charge in [0, 0.05) is 19.8 Å². The Labute approximate surface area is 186 Å². The molecule has 0 radical (unpaired) electrons. The molecule has 1 N–H and O–H groups in total. The van der Waals surface area contributed by atoms with Crippen LogP contribution in [0.25, 0.3) is 16.9 Å². The number of halogens is 1. The second kappa shape index (κ2) is 7.90. The number of amides is 1. The summed E-state index contributed by atoms with van der Waals surface area (Å²) in [5, 5.41) is 12.4. The third-order valence-corrected chi connectivity index (χ3v) is 5.68. The van der Waals surface area contributed by atoms with Crippen LogP contribution in [0.2, 0.25) is 0 Å². The fourth-order valence-corrected chi connectivity index (χ4v) is 3.84. The summed E-state index contributed by atoms with van der Waals surface area (Å²) in [6.45, 7) is 3.22. The van der Waals surface area contributed by atoms with Gasteiger partial charge in [0.25, 0.3) is 5.56 Å². The molecular formula is C22H20FN7O3. The zero-order chi connectivity index (χ0) is 24.0. The Bertz CT molecular complexity index is 1600. The number of rotatable bonds is 4. The van der Waals surface area contributed by atoms with Crippen LogP contribution < -0.4 is 16.6 Å². The summed E-state index contributed by atoms with van der Waals surface area (Å²) in [6.07, 6.45) is 1.30. The lowest BCUT2D eigenvalue weighted by atomic mass is 10.2. The van der Waals surface area contributed by atoms with Crippen LogP contribution in [0, 0.1) is 31.0 Å². The molecule has 1 aromatic carbocycles. The van der Waals surface area contributed by atoms with Gasteiger partial charge in [0.05, 0.1) is 17.6 Å². The lowest BCUT2D eigenvalue weighted by Gasteiger charge is -2.14. The number of nitriles is 1. The largest absolute Gasteiger partial charge is 0.332 e. The lowest BCUT2D eigenvalue weighted by molar-refractivity contribution is -0.116. The van der Waals surface area contributed by atoms with Crippen molar-refractivity contribution in [3.8, 4) is 11.8 Å². The quantitative estimate of drug-likeness (QED) is 0.506. The maximum Gasteiger partial charge on any atom is 0.332 e. The van der Waals surface area contributed by atoms with Gasteiger partial charge in [-0.05, 0) is 37.6 Å². The number of anilines is 1. The minimum absolute atomic E-state index is 0.100. The molecule has 0 bridgehead atoms. The van der Waals surface area contributed by atoms with Crippen molar-refractivity contribution in [3.05, 3.63) is 74.1 Å². The van der Waals surface area contributed by atoms with Crippen LogP contribution in [0.15, 0.2) is 40.2 Å². The standard InChI is InChI=1S/C22H20FN7O3/c1-12-13(2)30(15-7-5-6-14(23)8-15)19(16(12)9-24)26-17(31)10-29-11-25-20-18(29)21(32)28(4)22(33)27(20)3/h5-8,11H,10H2,1-4H3,(H,26,31). The van der Waals surface area contributed by atoms with Crippen molar-refractivity contribution in [3.63, 3.8) is 0 Å². The number of nitrogens with one attached hydrogen (secondary N) is 1. The molecule has 11 heteroatoms. The number of nitrogens with zero attached hydrogens (tertiary/aromatic N) is 6. The first-order chi connectivity index (χ1) is 15.6. The first-order valence-corrected chi connectivity index (χ1v) is 9.94. The molecule has 0 aliphatic carbocycles. The van der Waals surface area contributed by atoms with Crippen molar-refractivity contribution in [2.45, 2.75) is 20.4 Å². The summed E-state index contributed by atoms with van der Waals surface area (Å²) >= 11 is 0. The molecule has 0 spiro atoms. The second-order valence-corrected chi connectivity index (χ2v) is 7.66. The number of carbonyl (C=O) groups excluding carboxylic acids is 1. The smallest absolute Gasteiger partial charge is 0.315 e. The number of benzene rings is 1. The Hall–Kier alpha value is -4.46. The Morgan fingerprint density at radius 1 is 1.21 bits per heavy atom. The van der Waals surface area contributed by atoms with Gasteiger partial charge in [-0.3, -0.25) is 23.3 Å². The van der Waals surface area contributed by atoms with E-state index >= 15 is 0 Å². The molecule has 4 rings (SSSR count). The Kier molecular flexibility index (Phi) is 5.21. The molecule has 0 aliphatic heterocycles. The molecule has 4 aromatic rings. The molecule has 0 fully saturated rings. The van der Waals surface area contributed by atoms with E-state index in [4.69, 9.17) is 0 Å². The highest BCUT2D eigenvalue weighted by Crippen LogP contribution is 2.30. The van der Waals surface area contributed by atoms with E-state index in [0.717, 1.165) is 4.57 Å². The summed E-state index contributed by atoms with van der Waals surface area (Å²) in [7, 11) is 2.83. The van der Waals surface area contributed by atoms with E-state index in [1.807, 2.05) is 0 Å². The Morgan fingerprint density at radius 3 is 2.61 bits per heavy atom. The monoisotopic (exact) mass is 449 g/mol. The maximum absolute atomic E-state index is 13.9. The Morgan fingerprint density at radius 2 is 1.94 bits per heavy atom. The van der Waals surface area contributed by atoms with Gasteiger partial charge in [-0.1, -0.05) is 6.07 Å². The molecule has 3 aromatic heterocycles. The molecule has 0 unspecified atom stereocenters. The summed E-state index contributed by atoms with van der Waals surface area (Å²) < 4.78 is 19.0. The molecule has 3 heterocycles. The molecule has 0 aliphatic rings. The van der Waals surface area contributed by atoms with Gasteiger partial charge < -0.3 is 9.88 Å². The number of hydrogen-bond acceptors (Lipinski definition) is 5. The molecular weight excluding hydrogens is 429 g/mol. The highest BCUT2D eigenvalue weighted by atomic mass is 19.1. The van der Waals surface area contributed by atoms with E-state index in [1.54, 1.807) is 24.5 Å². The van der Waals surface area contributed by atoms with Crippen LogP contribution in [-0.2, 0) is 25.4 Å². The minimum Gasteiger partial charge on any atom is -0.315 e. The number of aryl methyl sites for hydroxylation is 1. The molecule has 0 saturated heterocycles. The van der Waals surface area contributed by atoms with Gasteiger partial charge in [0.1, 0.15) is 24.2 Å². The molecule has 0 atom stereocenters. The zero-order valence-corrected chi connectivity index (χ0v) is 18.4. The van der Waals surface area contributed by atoms with E-state index in [9.17, 15) is 24.0 Å². The van der Waals surface area contributed by atoms with Crippen molar-refractivity contribution in [2.75, 3.05) is 5.32 Å². The first-order valence-electron chi connectivity index (χ1n) is 9.94. The highest BCUT2D eigenvalue weighted by Gasteiger charge is 2.22. The van der Waals surface area contributed by atoms with Crippen LogP contribution in [0.1, 0.15) is 16.8 Å². The summed E-state index contributed by atoms with van der Waals surface area (Å²) in [4.78, 5) is 41.8. The average Bonchev–Trinajstić information content (AvgIpc) is 3.29. The van der Waals surface area contributed by atoms with Crippen LogP contribution >= 0.6 is 0 Å². The molecule has 0 saturated carbocycles. The molecule has 33 heavy (non-hydrogen) atoms. The van der Waals surface area contributed by atoms with Crippen molar-refractivity contribution in [1.82, 2.24) is 23.3 Å². The van der Waals surface area contributed by atoms with Crippen molar-refractivity contribution in [1.29, 1.82) is 5.26 Å². The van der Waals surface area contributed by atoms with E-state index < -0.39 is 23.0 Å². The molecule has 168 valence electrons. The fraction of sp³-hybridized carbons (Fsp3) is 0.227. The maximum atomic E-state index is 13.9. The van der Waals surface area contributed by atoms with Gasteiger partial charge in [-0.25, -0.2) is 14.2 Å². The van der Waals surface area contributed by atoms with Crippen molar-refractivity contribution < 1.29 is 9.18 Å². The highest BCUT2D eigenvalue weighted by molar-refractivity contribution is 5.93. The van der Waals surface area contributed by atoms with E-state index in [-0.39, 0.29) is 29.1 Å². The number of imidazole rings is 1. The van der Waals surface area contributed by atoms with Gasteiger partial charge in [0.2, 0.25) is 5.91 Å². The van der Waals surface area contributed by atoms with Crippen LogP contribution in [-0.4, -0.2) is 29.2 Å². The van der Waals surface area contributed by atoms with E-state index in [1.165, 1.54) is 47.8 Å². The fourth-order valence-electron chi connectivity index (χ4n) is 3.84. The van der Waals surface area contributed by atoms with Gasteiger partial charge in [0.15, 0.2) is 11.2 Å². The van der Waals surface area contributed by atoms with Crippen LogP contribution in [0.3, 0.4) is 0 Å². The predicted octanol–water partition coefficient (Wildman–Crippen LogP) is 1.49. The van der Waals surface area contributed by atoms with Gasteiger partial charge in [-0.2, -0.15) is 5.26 Å². The number of aromatic nitrogens is 5. The third-order valence-electron chi connectivity index (χ3n) is 5.68. The van der Waals surface area contributed by atoms with E-state index in [0.29, 0.717) is 16.9 Å². The average molecular weight is 449 g/mol. The van der Waals surface area contributed by atoms with Gasteiger partial charge >= 0.3 is 5.69 Å². The normalized spacial score (nSPS) is 11.0. The number of hydrogen-bond donors (Lipinski definition) is 1. The third kappa shape index (κ3) is 3.41. The van der Waals surface area contributed by atoms with Crippen LogP contribution in [0.5, 0.6) is 0 Å². The minimum atomic E-state index is -0.578. The zero-order valence-electron chi connectivity index (χ0n) is 18.4. The topological polar surface area (TPSA) is 120 Å². The van der Waals surface area contributed by atoms with Crippen molar-refractivity contribution >= 4 is 22.9 Å². The van der Waals surface area contributed by atoms with Crippen LogP contribution in [0.4, 0.5) is 10.2 Å². The van der Waals surface area contributed by atoms with Gasteiger partial charge in [-0.15, -0.1) is 0 Å². The first kappa shape index (κ1) is 21.8. The van der Waals surface area contributed by atoms with E-state index in [2.05, 4.69) is 16.4 Å². The van der Waals surface area contributed by atoms with Crippen molar-refractivity contribution in [2.24, 2.45) is 14.1 Å². The lowest BCUT2D eigenvalue weighted by Crippen LogP contribution is -2.37. The molecule has 1 amide bonds. The molecule has 10 nitrogen and oxygen atoms in total. The number of carbonyl (C=O) groups is 1. The SMILES string of the molecule is Cc1c(C#N)c(NC(=O)Cn2cnc3c2c(=O)n(C)c(=O)n3C)n(-c2cccc(F)c2)c1C. The predicted molar refractivity (Wildman–Crippen MR) is 119 cm³/mol.